The molecule has 2 aromatic carbocycles. The number of hydrogen-bond acceptors (Lipinski definition) is 7. The van der Waals surface area contributed by atoms with E-state index < -0.39 is 4.92 Å². The van der Waals surface area contributed by atoms with E-state index in [1.165, 1.54) is 18.4 Å². The van der Waals surface area contributed by atoms with Gasteiger partial charge < -0.3 is 24.3 Å². The van der Waals surface area contributed by atoms with E-state index in [2.05, 4.69) is 5.32 Å². The van der Waals surface area contributed by atoms with Crippen molar-refractivity contribution in [3.05, 3.63) is 82.8 Å². The predicted molar refractivity (Wildman–Crippen MR) is 120 cm³/mol. The third kappa shape index (κ3) is 5.48. The number of nitro groups is 1. The first-order valence-electron chi connectivity index (χ1n) is 10.3. The molecule has 1 aliphatic rings. The maximum absolute atomic E-state index is 12.6. The molecule has 33 heavy (non-hydrogen) atoms. The topological polar surface area (TPSA) is 118 Å². The second-order valence-corrected chi connectivity index (χ2v) is 7.39. The molecule has 1 N–H and O–H groups in total. The fraction of sp³-hybridized carbons (Fsp3) is 0.217. The first-order chi connectivity index (χ1) is 16.0. The maximum Gasteiger partial charge on any atom is 0.291 e. The van der Waals surface area contributed by atoms with Crippen LogP contribution in [0.5, 0.6) is 5.75 Å². The molecule has 1 fully saturated rings. The molecule has 10 heteroatoms. The second-order valence-electron chi connectivity index (χ2n) is 7.39. The van der Waals surface area contributed by atoms with Crippen LogP contribution >= 0.6 is 0 Å². The number of amides is 2. The van der Waals surface area contributed by atoms with E-state index in [0.717, 1.165) is 5.69 Å². The minimum absolute atomic E-state index is 0.0435. The van der Waals surface area contributed by atoms with Gasteiger partial charge in [-0.3, -0.25) is 19.7 Å². The van der Waals surface area contributed by atoms with Gasteiger partial charge in [0, 0.05) is 55.8 Å². The van der Waals surface area contributed by atoms with E-state index in [1.807, 2.05) is 11.0 Å². The smallest absolute Gasteiger partial charge is 0.291 e. The number of nitrogens with one attached hydrogen (secondary N) is 1. The van der Waals surface area contributed by atoms with Gasteiger partial charge >= 0.3 is 0 Å². The number of carbonyl (C=O) groups excluding carboxylic acids is 2. The van der Waals surface area contributed by atoms with E-state index >= 15 is 0 Å². The fourth-order valence-electron chi connectivity index (χ4n) is 3.52. The van der Waals surface area contributed by atoms with Crippen molar-refractivity contribution in [2.45, 2.75) is 0 Å². The number of piperazine rings is 1. The highest BCUT2D eigenvalue weighted by Gasteiger charge is 2.22. The lowest BCUT2D eigenvalue weighted by atomic mass is 10.2. The lowest BCUT2D eigenvalue weighted by Crippen LogP contribution is -2.50. The summed E-state index contributed by atoms with van der Waals surface area (Å²) in [5, 5.41) is 13.7. The number of non-ortho nitro benzene ring substituents is 1. The van der Waals surface area contributed by atoms with Crippen molar-refractivity contribution in [2.75, 3.05) is 43.0 Å². The third-order valence-electron chi connectivity index (χ3n) is 5.24. The van der Waals surface area contributed by atoms with Crippen molar-refractivity contribution in [2.24, 2.45) is 0 Å². The van der Waals surface area contributed by atoms with Crippen LogP contribution in [0.25, 0.3) is 0 Å². The Labute approximate surface area is 189 Å². The zero-order valence-corrected chi connectivity index (χ0v) is 17.7. The fourth-order valence-corrected chi connectivity index (χ4v) is 3.52. The van der Waals surface area contributed by atoms with Crippen LogP contribution in [0.2, 0.25) is 0 Å². The van der Waals surface area contributed by atoms with Crippen LogP contribution < -0.4 is 15.0 Å². The molecule has 0 aliphatic carbocycles. The van der Waals surface area contributed by atoms with Gasteiger partial charge in [0.2, 0.25) is 0 Å². The van der Waals surface area contributed by atoms with E-state index in [-0.39, 0.29) is 29.9 Å². The normalized spacial score (nSPS) is 13.5. The number of hydrogen-bond donors (Lipinski definition) is 1. The molecule has 2 amide bonds. The van der Waals surface area contributed by atoms with Gasteiger partial charge in [-0.1, -0.05) is 12.1 Å². The van der Waals surface area contributed by atoms with E-state index in [9.17, 15) is 19.7 Å². The minimum atomic E-state index is -0.419. The Morgan fingerprint density at radius 2 is 1.82 bits per heavy atom. The Morgan fingerprint density at radius 1 is 1.03 bits per heavy atom. The largest absolute Gasteiger partial charge is 0.484 e. The molecule has 0 saturated carbocycles. The number of carbonyl (C=O) groups is 2. The quantitative estimate of drug-likeness (QED) is 0.434. The van der Waals surface area contributed by atoms with Gasteiger partial charge in [-0.25, -0.2) is 0 Å². The molecule has 10 nitrogen and oxygen atoms in total. The summed E-state index contributed by atoms with van der Waals surface area (Å²) in [6.45, 7) is 1.99. The number of benzene rings is 2. The van der Waals surface area contributed by atoms with Crippen LogP contribution in [0.4, 0.5) is 17.1 Å². The summed E-state index contributed by atoms with van der Waals surface area (Å²) < 4.78 is 10.7. The summed E-state index contributed by atoms with van der Waals surface area (Å²) in [6, 6.07) is 16.4. The predicted octanol–water partition coefficient (Wildman–Crippen LogP) is 3.17. The molecule has 170 valence electrons. The van der Waals surface area contributed by atoms with E-state index in [4.69, 9.17) is 9.15 Å². The second kappa shape index (κ2) is 9.86. The molecular formula is C23H22N4O6. The zero-order valence-electron chi connectivity index (χ0n) is 17.7. The van der Waals surface area contributed by atoms with E-state index in [0.29, 0.717) is 37.6 Å². The number of ether oxygens (including phenoxy) is 1. The summed E-state index contributed by atoms with van der Waals surface area (Å²) in [4.78, 5) is 39.0. The highest BCUT2D eigenvalue weighted by Crippen LogP contribution is 2.22. The van der Waals surface area contributed by atoms with Crippen LogP contribution in [0.3, 0.4) is 0 Å². The van der Waals surface area contributed by atoms with Gasteiger partial charge in [0.15, 0.2) is 12.4 Å². The molecule has 0 radical (unpaired) electrons. The maximum atomic E-state index is 12.6. The monoisotopic (exact) mass is 450 g/mol. The molecule has 0 atom stereocenters. The molecule has 0 unspecified atom stereocenters. The SMILES string of the molecule is O=C(Nc1cccc(OCC(=O)N2CCN(c3cccc([N+](=O)[O-])c3)CC2)c1)c1ccco1. The lowest BCUT2D eigenvalue weighted by molar-refractivity contribution is -0.384. The molecular weight excluding hydrogens is 428 g/mol. The summed E-state index contributed by atoms with van der Waals surface area (Å²) >= 11 is 0. The van der Waals surface area contributed by atoms with Crippen molar-refractivity contribution in [1.29, 1.82) is 0 Å². The van der Waals surface area contributed by atoms with Crippen LogP contribution in [0, 0.1) is 10.1 Å². The highest BCUT2D eigenvalue weighted by atomic mass is 16.6. The number of nitrogens with zero attached hydrogens (tertiary/aromatic N) is 3. The summed E-state index contributed by atoms with van der Waals surface area (Å²) in [6.07, 6.45) is 1.42. The van der Waals surface area contributed by atoms with Crippen molar-refractivity contribution in [3.63, 3.8) is 0 Å². The van der Waals surface area contributed by atoms with Crippen LogP contribution in [-0.4, -0.2) is 54.4 Å². The van der Waals surface area contributed by atoms with Crippen molar-refractivity contribution in [3.8, 4) is 5.75 Å². The first-order valence-corrected chi connectivity index (χ1v) is 10.3. The molecule has 3 aromatic rings. The standard InChI is InChI=1S/C23H22N4O6/c28-22(26-11-9-25(10-12-26)18-5-2-6-19(15-18)27(30)31)16-33-20-7-1-4-17(14-20)24-23(29)21-8-3-13-32-21/h1-8,13-15H,9-12,16H2,(H,24,29). The van der Waals surface area contributed by atoms with Crippen molar-refractivity contribution in [1.82, 2.24) is 4.90 Å². The average Bonchev–Trinajstić information content (AvgIpc) is 3.38. The van der Waals surface area contributed by atoms with Gasteiger partial charge in [-0.2, -0.15) is 0 Å². The van der Waals surface area contributed by atoms with Gasteiger partial charge in [0.1, 0.15) is 5.75 Å². The first kappa shape index (κ1) is 21.9. The summed E-state index contributed by atoms with van der Waals surface area (Å²) in [5.41, 5.74) is 1.33. The summed E-state index contributed by atoms with van der Waals surface area (Å²) in [7, 11) is 0. The van der Waals surface area contributed by atoms with Crippen LogP contribution in [0.15, 0.2) is 71.3 Å². The highest BCUT2D eigenvalue weighted by molar-refractivity contribution is 6.02. The molecule has 4 rings (SSSR count). The molecule has 1 aromatic heterocycles. The van der Waals surface area contributed by atoms with Crippen LogP contribution in [-0.2, 0) is 4.79 Å². The Kier molecular flexibility index (Phi) is 6.53. The molecule has 1 saturated heterocycles. The van der Waals surface area contributed by atoms with E-state index in [1.54, 1.807) is 47.4 Å². The zero-order chi connectivity index (χ0) is 23.2. The van der Waals surface area contributed by atoms with Gasteiger partial charge in [-0.05, 0) is 30.3 Å². The number of anilines is 2. The van der Waals surface area contributed by atoms with Crippen molar-refractivity contribution < 1.29 is 23.7 Å². The van der Waals surface area contributed by atoms with Crippen LogP contribution in [0.1, 0.15) is 10.6 Å². The Balaban J connectivity index is 1.27. The molecule has 0 spiro atoms. The van der Waals surface area contributed by atoms with Gasteiger partial charge in [0.05, 0.1) is 11.2 Å². The number of nitro benzene ring substituents is 1. The Hall–Kier alpha value is -4.34. The number of furan rings is 1. The van der Waals surface area contributed by atoms with Gasteiger partial charge in [0.25, 0.3) is 17.5 Å². The molecule has 0 bridgehead atoms. The molecule has 1 aliphatic heterocycles. The third-order valence-corrected chi connectivity index (χ3v) is 5.24. The van der Waals surface area contributed by atoms with Crippen molar-refractivity contribution >= 4 is 28.9 Å². The Morgan fingerprint density at radius 3 is 2.55 bits per heavy atom. The Bertz CT molecular complexity index is 1140. The minimum Gasteiger partial charge on any atom is -0.484 e. The summed E-state index contributed by atoms with van der Waals surface area (Å²) in [5.74, 6) is 0.116. The number of rotatable bonds is 7. The average molecular weight is 450 g/mol. The lowest BCUT2D eigenvalue weighted by Gasteiger charge is -2.36. The molecule has 2 heterocycles. The van der Waals surface area contributed by atoms with Gasteiger partial charge in [-0.15, -0.1) is 0 Å².